The lowest BCUT2D eigenvalue weighted by Crippen LogP contribution is -2.52. The molecule has 61 heavy (non-hydrogen) atoms. The van der Waals surface area contributed by atoms with Crippen LogP contribution in [0.4, 0.5) is 13.2 Å². The van der Waals surface area contributed by atoms with E-state index in [0.717, 1.165) is 69.8 Å². The predicted octanol–water partition coefficient (Wildman–Crippen LogP) is 10.9. The maximum absolute atomic E-state index is 15.9. The van der Waals surface area contributed by atoms with E-state index >= 15 is 13.2 Å². The molecule has 0 saturated carbocycles. The van der Waals surface area contributed by atoms with Gasteiger partial charge in [-0.3, -0.25) is 9.11 Å². The van der Waals surface area contributed by atoms with Crippen LogP contribution in [-0.4, -0.2) is 54.8 Å². The molecule has 7 aromatic rings. The summed E-state index contributed by atoms with van der Waals surface area (Å²) >= 11 is 0. The van der Waals surface area contributed by atoms with Gasteiger partial charge in [0.05, 0.1) is 0 Å². The van der Waals surface area contributed by atoms with Gasteiger partial charge in [0, 0.05) is 14.7 Å². The molecule has 0 aliphatic heterocycles. The summed E-state index contributed by atoms with van der Waals surface area (Å²) in [6.45, 7) is -0.816. The molecule has 0 fully saturated rings. The standard InChI is InChI=1S/C47H39F3O9S2/c48-47(49,50)61(60(54,55)56,43-7-3-1-4-8-43,44-9-5-2-6-10-44)45-25-23-41(24-26-45)57-27-28-58-46(53)32-59-42-21-15-35(16-22-42)38-30-36(33-11-17-39(51)18-12-33)29-37(31-38)34-13-19-40(52)20-14-34/h1-26,29-31,51-52H,27-28,32H2,(H2,54,55,56). The van der Waals surface area contributed by atoms with Gasteiger partial charge < -0.3 is 24.4 Å². The van der Waals surface area contributed by atoms with E-state index in [9.17, 15) is 28.3 Å². The second kappa shape index (κ2) is 17.2. The molecule has 0 saturated heterocycles. The minimum Gasteiger partial charge on any atom is -0.508 e. The van der Waals surface area contributed by atoms with Gasteiger partial charge in [0.25, 0.3) is 0 Å². The molecule has 0 amide bonds. The second-order valence-electron chi connectivity index (χ2n) is 13.7. The zero-order valence-electron chi connectivity index (χ0n) is 32.1. The summed E-state index contributed by atoms with van der Waals surface area (Å²) in [7, 11) is -11.9. The van der Waals surface area contributed by atoms with Crippen molar-refractivity contribution in [2.75, 3.05) is 19.8 Å². The van der Waals surface area contributed by atoms with E-state index in [2.05, 4.69) is 0 Å². The first-order valence-electron chi connectivity index (χ1n) is 18.7. The summed E-state index contributed by atoms with van der Waals surface area (Å²) in [6, 6.07) is 43.9. The Kier molecular flexibility index (Phi) is 12.0. The van der Waals surface area contributed by atoms with Gasteiger partial charge in [-0.05, 0) is 144 Å². The third-order valence-electron chi connectivity index (χ3n) is 10.0. The largest absolute Gasteiger partial charge is 0.508 e. The van der Waals surface area contributed by atoms with Crippen LogP contribution in [0.2, 0.25) is 0 Å². The van der Waals surface area contributed by atoms with Gasteiger partial charge in [-0.25, -0.2) is 9.00 Å². The third-order valence-corrected chi connectivity index (χ3v) is 20.2. The van der Waals surface area contributed by atoms with Crippen LogP contribution >= 0.6 is 0 Å². The number of ether oxygens (including phenoxy) is 3. The maximum Gasteiger partial charge on any atom is 0.443 e. The molecule has 14 heteroatoms. The molecule has 7 rings (SSSR count). The van der Waals surface area contributed by atoms with Crippen molar-refractivity contribution in [1.82, 2.24) is 0 Å². The number of carbonyl (C=O) groups excluding carboxylic acids is 1. The first-order valence-corrected chi connectivity index (χ1v) is 22.7. The monoisotopic (exact) mass is 868 g/mol. The Labute approximate surface area is 349 Å². The fourth-order valence-electron chi connectivity index (χ4n) is 7.14. The van der Waals surface area contributed by atoms with E-state index in [1.165, 1.54) is 48.5 Å². The van der Waals surface area contributed by atoms with Gasteiger partial charge in [-0.15, -0.1) is 0 Å². The second-order valence-corrected chi connectivity index (χ2v) is 21.7. The van der Waals surface area contributed by atoms with Gasteiger partial charge in [-0.1, -0.05) is 72.8 Å². The molecule has 0 aliphatic carbocycles. The van der Waals surface area contributed by atoms with Crippen LogP contribution in [0.25, 0.3) is 33.4 Å². The van der Waals surface area contributed by atoms with Gasteiger partial charge >= 0.3 is 11.5 Å². The van der Waals surface area contributed by atoms with E-state index in [1.807, 2.05) is 54.6 Å². The fraction of sp³-hybridized carbons (Fsp3) is 0.0851. The van der Waals surface area contributed by atoms with Gasteiger partial charge in [0.1, 0.15) is 36.2 Å². The topological polar surface area (TPSA) is 143 Å². The lowest BCUT2D eigenvalue weighted by Gasteiger charge is -2.50. The third kappa shape index (κ3) is 7.93. The number of aromatic hydroxyl groups is 2. The van der Waals surface area contributed by atoms with Crippen LogP contribution in [-0.2, 0) is 26.3 Å². The van der Waals surface area contributed by atoms with E-state index in [-0.39, 0.29) is 30.5 Å². The lowest BCUT2D eigenvalue weighted by molar-refractivity contribution is -0.146. The summed E-state index contributed by atoms with van der Waals surface area (Å²) in [6.07, 6.45) is 0. The number of benzene rings is 7. The Balaban J connectivity index is 1.01. The van der Waals surface area contributed by atoms with Crippen molar-refractivity contribution in [3.05, 3.63) is 176 Å². The van der Waals surface area contributed by atoms with Crippen LogP contribution in [0, 0.1) is 0 Å². The number of hydrogen-bond donors (Lipinski definition) is 4. The number of rotatable bonds is 13. The molecule has 0 unspecified atom stereocenters. The Morgan fingerprint density at radius 1 is 0.508 bits per heavy atom. The van der Waals surface area contributed by atoms with E-state index < -0.39 is 49.5 Å². The summed E-state index contributed by atoms with van der Waals surface area (Å²) in [4.78, 5) is 10.8. The summed E-state index contributed by atoms with van der Waals surface area (Å²) < 4.78 is 99.7. The quantitative estimate of drug-likeness (QED) is 0.0658. The molecular formula is C47H39F3O9S2. The van der Waals surface area contributed by atoms with Gasteiger partial charge in [0.15, 0.2) is 6.61 Å². The highest BCUT2D eigenvalue weighted by molar-refractivity contribution is 8.62. The zero-order chi connectivity index (χ0) is 43.3. The predicted molar refractivity (Wildman–Crippen MR) is 229 cm³/mol. The summed E-state index contributed by atoms with van der Waals surface area (Å²) in [5.41, 5.74) is -0.0716. The maximum atomic E-state index is 15.9. The summed E-state index contributed by atoms with van der Waals surface area (Å²) in [5, 5.41) is 19.6. The normalized spacial score (nSPS) is 12.5. The van der Waals surface area contributed by atoms with Gasteiger partial charge in [-0.2, -0.15) is 13.2 Å². The van der Waals surface area contributed by atoms with Crippen molar-refractivity contribution < 1.29 is 55.7 Å². The van der Waals surface area contributed by atoms with Crippen molar-refractivity contribution in [2.45, 2.75) is 20.2 Å². The SMILES string of the molecule is O=C(COc1ccc(-c2cc(-c3ccc(O)cc3)cc(-c3ccc(O)cc3)c2)cc1)OCCOc1ccc(S(c2ccccc2)(c2ccccc2)(C(F)(F)F)=S(=O)(O)O)cc1. The van der Waals surface area contributed by atoms with Gasteiger partial charge in [0.2, 0.25) is 9.05 Å². The van der Waals surface area contributed by atoms with Crippen LogP contribution in [0.3, 0.4) is 0 Å². The van der Waals surface area contributed by atoms with Crippen molar-refractivity contribution in [2.24, 2.45) is 0 Å². The molecular weight excluding hydrogens is 830 g/mol. The Hall–Kier alpha value is -6.58. The number of esters is 1. The van der Waals surface area contributed by atoms with Crippen LogP contribution in [0.1, 0.15) is 0 Å². The molecule has 314 valence electrons. The first-order chi connectivity index (χ1) is 29.2. The number of phenols is 2. The highest BCUT2D eigenvalue weighted by Crippen LogP contribution is 2.64. The molecule has 9 nitrogen and oxygen atoms in total. The number of hydrogen-bond acceptors (Lipinski definition) is 7. The molecule has 7 aromatic carbocycles. The molecule has 0 aliphatic rings. The highest BCUT2D eigenvalue weighted by atomic mass is 32.9. The highest BCUT2D eigenvalue weighted by Gasteiger charge is 2.66. The van der Waals surface area contributed by atoms with Crippen LogP contribution in [0.5, 0.6) is 23.0 Å². The lowest BCUT2D eigenvalue weighted by atomic mass is 9.93. The summed E-state index contributed by atoms with van der Waals surface area (Å²) in [5.74, 6) is 0.0956. The average Bonchev–Trinajstić information content (AvgIpc) is 3.26. The van der Waals surface area contributed by atoms with E-state index in [0.29, 0.717) is 5.75 Å². The van der Waals surface area contributed by atoms with Crippen molar-refractivity contribution in [3.8, 4) is 56.4 Å². The molecule has 0 radical (unpaired) electrons. The minimum absolute atomic E-state index is 0.0818. The Morgan fingerprint density at radius 2 is 0.885 bits per heavy atom. The Bertz CT molecular complexity index is 2690. The number of alkyl halides is 3. The number of carbonyl (C=O) groups is 1. The molecule has 0 atom stereocenters. The van der Waals surface area contributed by atoms with Crippen LogP contribution < -0.4 is 9.47 Å². The number of phenolic OH excluding ortho intramolecular Hbond substituents is 2. The van der Waals surface area contributed by atoms with Crippen molar-refractivity contribution in [1.29, 1.82) is 0 Å². The minimum atomic E-state index is -6.22. The molecule has 0 spiro atoms. The average molecular weight is 869 g/mol. The molecule has 0 bridgehead atoms. The number of halogens is 3. The molecule has 0 aromatic heterocycles. The van der Waals surface area contributed by atoms with E-state index in [4.69, 9.17) is 14.2 Å². The van der Waals surface area contributed by atoms with Crippen molar-refractivity contribution >= 4 is 22.7 Å². The smallest absolute Gasteiger partial charge is 0.443 e. The van der Waals surface area contributed by atoms with E-state index in [1.54, 1.807) is 36.4 Å². The molecule has 0 heterocycles. The van der Waals surface area contributed by atoms with Crippen molar-refractivity contribution in [3.63, 3.8) is 0 Å². The Morgan fingerprint density at radius 3 is 1.30 bits per heavy atom. The molecule has 4 N–H and O–H groups in total. The first kappa shape index (κ1) is 42.5. The zero-order valence-corrected chi connectivity index (χ0v) is 33.8. The van der Waals surface area contributed by atoms with Crippen LogP contribution in [0.15, 0.2) is 191 Å². The fourth-order valence-corrected chi connectivity index (χ4v) is 15.8.